The summed E-state index contributed by atoms with van der Waals surface area (Å²) in [7, 11) is 1.36. The van der Waals surface area contributed by atoms with Crippen LogP contribution in [0.5, 0.6) is 0 Å². The summed E-state index contributed by atoms with van der Waals surface area (Å²) >= 11 is 5.60. The van der Waals surface area contributed by atoms with E-state index in [9.17, 15) is 9.90 Å². The molecule has 1 fully saturated rings. The molecule has 102 valence electrons. The van der Waals surface area contributed by atoms with Crippen LogP contribution in [0.1, 0.15) is 13.3 Å². The van der Waals surface area contributed by atoms with E-state index in [4.69, 9.17) is 21.1 Å². The molecule has 0 aromatic heterocycles. The first-order valence-corrected chi connectivity index (χ1v) is 6.53. The monoisotopic (exact) mass is 275 g/mol. The highest BCUT2D eigenvalue weighted by molar-refractivity contribution is 6.17. The number of carbonyl (C=O) groups is 1. The van der Waals surface area contributed by atoms with Crippen LogP contribution in [0.3, 0.4) is 0 Å². The summed E-state index contributed by atoms with van der Waals surface area (Å²) < 4.78 is 10.2. The van der Waals surface area contributed by atoms with Crippen molar-refractivity contribution in [1.82, 2.24) is 5.32 Å². The zero-order valence-corrected chi connectivity index (χ0v) is 11.2. The first kappa shape index (κ1) is 13.6. The number of hydrogen-bond donors (Lipinski definition) is 2. The summed E-state index contributed by atoms with van der Waals surface area (Å²) in [4.78, 5) is 11.7. The summed E-state index contributed by atoms with van der Waals surface area (Å²) in [6.07, 6.45) is 1.47. The maximum Gasteiger partial charge on any atom is 0.335 e. The smallest absolute Gasteiger partial charge is 0.335 e. The van der Waals surface area contributed by atoms with Gasteiger partial charge in [-0.2, -0.15) is 0 Å². The van der Waals surface area contributed by atoms with Gasteiger partial charge in [0.2, 0.25) is 0 Å². The summed E-state index contributed by atoms with van der Waals surface area (Å²) in [6.45, 7) is 1.96. The molecule has 0 spiro atoms. The van der Waals surface area contributed by atoms with E-state index in [0.717, 1.165) is 0 Å². The Kier molecular flexibility index (Phi) is 4.14. The molecular formula is C12H18ClNO4. The molecular weight excluding hydrogens is 258 g/mol. The molecule has 5 atom stereocenters. The van der Waals surface area contributed by atoms with Crippen molar-refractivity contribution in [2.24, 2.45) is 17.8 Å². The predicted octanol–water partition coefficient (Wildman–Crippen LogP) is 0.819. The average molecular weight is 276 g/mol. The predicted molar refractivity (Wildman–Crippen MR) is 65.6 cm³/mol. The fourth-order valence-electron chi connectivity index (χ4n) is 3.02. The SMILES string of the molecule is COC(=O)C1=CN[C@@H](OCCl)[C@@H]2[C@@H](C)[C@@H](O)C[C@H]12. The highest BCUT2D eigenvalue weighted by atomic mass is 35.5. The van der Waals surface area contributed by atoms with Gasteiger partial charge in [-0.25, -0.2) is 4.79 Å². The second kappa shape index (κ2) is 5.47. The van der Waals surface area contributed by atoms with Crippen LogP contribution < -0.4 is 5.32 Å². The van der Waals surface area contributed by atoms with E-state index in [-0.39, 0.29) is 36.0 Å². The van der Waals surface area contributed by atoms with Crippen molar-refractivity contribution in [2.75, 3.05) is 13.2 Å². The Bertz CT molecular complexity index is 360. The molecule has 1 saturated carbocycles. The Labute approximate surface area is 111 Å². The zero-order chi connectivity index (χ0) is 13.3. The molecule has 0 unspecified atom stereocenters. The van der Waals surface area contributed by atoms with Crippen molar-refractivity contribution in [3.05, 3.63) is 11.8 Å². The molecule has 0 aromatic rings. The van der Waals surface area contributed by atoms with Gasteiger partial charge < -0.3 is 19.9 Å². The molecule has 0 amide bonds. The molecule has 0 saturated heterocycles. The second-order valence-corrected chi connectivity index (χ2v) is 5.02. The Morgan fingerprint density at radius 3 is 3.00 bits per heavy atom. The molecule has 18 heavy (non-hydrogen) atoms. The molecule has 0 bridgehead atoms. The van der Waals surface area contributed by atoms with Crippen LogP contribution in [0.4, 0.5) is 0 Å². The van der Waals surface area contributed by atoms with Crippen molar-refractivity contribution < 1.29 is 19.4 Å². The molecule has 2 rings (SSSR count). The summed E-state index contributed by atoms with van der Waals surface area (Å²) in [5.74, 6) is -0.332. The highest BCUT2D eigenvalue weighted by Crippen LogP contribution is 2.45. The molecule has 6 heteroatoms. The van der Waals surface area contributed by atoms with E-state index < -0.39 is 6.10 Å². The molecule has 2 N–H and O–H groups in total. The van der Waals surface area contributed by atoms with E-state index in [0.29, 0.717) is 12.0 Å². The number of hydrogen-bond acceptors (Lipinski definition) is 5. The second-order valence-electron chi connectivity index (χ2n) is 4.80. The fourth-order valence-corrected chi connectivity index (χ4v) is 3.16. The number of ether oxygens (including phenoxy) is 2. The zero-order valence-electron chi connectivity index (χ0n) is 10.4. The van der Waals surface area contributed by atoms with Crippen molar-refractivity contribution in [1.29, 1.82) is 0 Å². The van der Waals surface area contributed by atoms with E-state index in [1.807, 2.05) is 6.92 Å². The van der Waals surface area contributed by atoms with Gasteiger partial charge in [0.05, 0.1) is 18.8 Å². The van der Waals surface area contributed by atoms with Gasteiger partial charge in [0.15, 0.2) is 0 Å². The topological polar surface area (TPSA) is 67.8 Å². The van der Waals surface area contributed by atoms with Gasteiger partial charge >= 0.3 is 5.97 Å². The first-order chi connectivity index (χ1) is 8.60. The van der Waals surface area contributed by atoms with Crippen molar-refractivity contribution >= 4 is 17.6 Å². The summed E-state index contributed by atoms with van der Waals surface area (Å²) in [5.41, 5.74) is 0.570. The van der Waals surface area contributed by atoms with Gasteiger partial charge in [-0.05, 0) is 12.3 Å². The largest absolute Gasteiger partial charge is 0.466 e. The quantitative estimate of drug-likeness (QED) is 0.590. The van der Waals surface area contributed by atoms with Gasteiger partial charge in [-0.15, -0.1) is 0 Å². The number of aliphatic hydroxyl groups is 1. The Morgan fingerprint density at radius 1 is 1.67 bits per heavy atom. The minimum atomic E-state index is -0.436. The number of carbonyl (C=O) groups excluding carboxylic acids is 1. The lowest BCUT2D eigenvalue weighted by Gasteiger charge is -2.35. The lowest BCUT2D eigenvalue weighted by Crippen LogP contribution is -2.45. The molecule has 1 heterocycles. The van der Waals surface area contributed by atoms with E-state index >= 15 is 0 Å². The average Bonchev–Trinajstić information content (AvgIpc) is 2.66. The third-order valence-corrected chi connectivity index (χ3v) is 4.12. The molecule has 0 radical (unpaired) electrons. The normalized spacial score (nSPS) is 38.7. The van der Waals surface area contributed by atoms with Crippen LogP contribution >= 0.6 is 11.6 Å². The third-order valence-electron chi connectivity index (χ3n) is 3.99. The number of rotatable bonds is 3. The Hall–Kier alpha value is -0.780. The van der Waals surface area contributed by atoms with Gasteiger partial charge in [-0.3, -0.25) is 0 Å². The van der Waals surface area contributed by atoms with Crippen LogP contribution in [0.2, 0.25) is 0 Å². The van der Waals surface area contributed by atoms with Gasteiger partial charge in [-0.1, -0.05) is 18.5 Å². The molecule has 1 aliphatic heterocycles. The van der Waals surface area contributed by atoms with Crippen molar-refractivity contribution in [3.8, 4) is 0 Å². The minimum absolute atomic E-state index is 0.0258. The molecule has 5 nitrogen and oxygen atoms in total. The first-order valence-electron chi connectivity index (χ1n) is 6.00. The van der Waals surface area contributed by atoms with E-state index in [1.165, 1.54) is 7.11 Å². The number of halogens is 1. The van der Waals surface area contributed by atoms with Crippen LogP contribution in [-0.2, 0) is 14.3 Å². The molecule has 2 aliphatic rings. The van der Waals surface area contributed by atoms with Crippen molar-refractivity contribution in [3.63, 3.8) is 0 Å². The van der Waals surface area contributed by atoms with Crippen LogP contribution in [0, 0.1) is 17.8 Å². The fraction of sp³-hybridized carbons (Fsp3) is 0.750. The highest BCUT2D eigenvalue weighted by Gasteiger charge is 2.49. The summed E-state index contributed by atoms with van der Waals surface area (Å²) in [5, 5.41) is 13.0. The van der Waals surface area contributed by atoms with Crippen LogP contribution in [-0.4, -0.2) is 36.6 Å². The Morgan fingerprint density at radius 2 is 2.39 bits per heavy atom. The number of esters is 1. The number of fused-ring (bicyclic) bond motifs is 1. The minimum Gasteiger partial charge on any atom is -0.466 e. The standard InChI is InChI=1S/C12H18ClNO4/c1-6-9(15)3-7-8(12(16)17-2)4-14-11(10(6)7)18-5-13/h4,6-7,9-11,14-15H,3,5H2,1-2H3/t6-,7+,9-,10+,11-/m0/s1. The van der Waals surface area contributed by atoms with Crippen molar-refractivity contribution in [2.45, 2.75) is 25.7 Å². The number of methoxy groups -OCH3 is 1. The maximum atomic E-state index is 11.7. The molecule has 0 aromatic carbocycles. The van der Waals surface area contributed by atoms with Gasteiger partial charge in [0.1, 0.15) is 12.3 Å². The Balaban J connectivity index is 2.26. The van der Waals surface area contributed by atoms with E-state index in [1.54, 1.807) is 6.20 Å². The number of aliphatic hydroxyl groups excluding tert-OH is 1. The number of alkyl halides is 1. The van der Waals surface area contributed by atoms with Crippen LogP contribution in [0.25, 0.3) is 0 Å². The third kappa shape index (κ3) is 2.22. The lowest BCUT2D eigenvalue weighted by atomic mass is 9.82. The molecule has 1 aliphatic carbocycles. The summed E-state index contributed by atoms with van der Waals surface area (Å²) in [6, 6.07) is 0.0745. The van der Waals surface area contributed by atoms with Crippen LogP contribution in [0.15, 0.2) is 11.8 Å². The maximum absolute atomic E-state index is 11.7. The number of nitrogens with one attached hydrogen (secondary N) is 1. The lowest BCUT2D eigenvalue weighted by molar-refractivity contribution is -0.137. The van der Waals surface area contributed by atoms with E-state index in [2.05, 4.69) is 5.32 Å². The van der Waals surface area contributed by atoms with Gasteiger partial charge in [0, 0.05) is 18.0 Å². The van der Waals surface area contributed by atoms with Gasteiger partial charge in [0.25, 0.3) is 0 Å².